The van der Waals surface area contributed by atoms with Crippen LogP contribution >= 0.6 is 0 Å². The average molecular weight is 445 g/mol. The highest BCUT2D eigenvalue weighted by Gasteiger charge is 2.15. The summed E-state index contributed by atoms with van der Waals surface area (Å²) in [4.78, 5) is 24.8. The zero-order valence-corrected chi connectivity index (χ0v) is 18.5. The number of amides is 1. The quantitative estimate of drug-likeness (QED) is 0.433. The summed E-state index contributed by atoms with van der Waals surface area (Å²) in [7, 11) is -2.13. The molecule has 166 valence electrons. The Morgan fingerprint density at radius 1 is 0.968 bits per heavy atom. The zero-order chi connectivity index (χ0) is 22.3. The van der Waals surface area contributed by atoms with Crippen LogP contribution in [0.25, 0.3) is 0 Å². The maximum Gasteiger partial charge on any atom is 0.240 e. The number of benzene rings is 2. The molecule has 0 atom stereocenters. The fourth-order valence-corrected chi connectivity index (χ4v) is 4.59. The molecule has 0 saturated heterocycles. The monoisotopic (exact) mass is 444 g/mol. The van der Waals surface area contributed by atoms with Crippen molar-refractivity contribution in [2.75, 3.05) is 25.6 Å². The minimum atomic E-state index is -3.62. The van der Waals surface area contributed by atoms with Gasteiger partial charge in [-0.05, 0) is 67.1 Å². The Balaban J connectivity index is 1.51. The van der Waals surface area contributed by atoms with E-state index in [2.05, 4.69) is 10.0 Å². The highest BCUT2D eigenvalue weighted by Crippen LogP contribution is 2.23. The second kappa shape index (κ2) is 10.7. The van der Waals surface area contributed by atoms with E-state index in [9.17, 15) is 18.0 Å². The lowest BCUT2D eigenvalue weighted by atomic mass is 9.89. The molecule has 31 heavy (non-hydrogen) atoms. The number of sulfonamides is 1. The number of carbonyl (C=O) groups is 2. The van der Waals surface area contributed by atoms with Crippen LogP contribution in [0.1, 0.15) is 47.2 Å². The van der Waals surface area contributed by atoms with Crippen molar-refractivity contribution in [3.8, 4) is 0 Å². The van der Waals surface area contributed by atoms with Crippen molar-refractivity contribution in [1.29, 1.82) is 0 Å². The fourth-order valence-electron chi connectivity index (χ4n) is 3.58. The van der Waals surface area contributed by atoms with Crippen LogP contribution in [0.5, 0.6) is 0 Å². The lowest BCUT2D eigenvalue weighted by Gasteiger charge is -2.16. The smallest absolute Gasteiger partial charge is 0.240 e. The predicted octanol–water partition coefficient (Wildman–Crippen LogP) is 3.09. The third-order valence-corrected chi connectivity index (χ3v) is 6.77. The number of hydrogen-bond donors (Lipinski definition) is 2. The van der Waals surface area contributed by atoms with Crippen LogP contribution < -0.4 is 10.0 Å². The molecule has 0 unspecified atom stereocenters. The number of rotatable bonds is 10. The number of aryl methyl sites for hydroxylation is 2. The van der Waals surface area contributed by atoms with E-state index in [0.29, 0.717) is 11.3 Å². The van der Waals surface area contributed by atoms with Gasteiger partial charge in [-0.2, -0.15) is 0 Å². The number of anilines is 1. The SMILES string of the molecule is COCCNS(=O)(=O)c1ccc(NC(=O)CCC(=O)c2ccc3c(c2)CCCC3)cc1. The van der Waals surface area contributed by atoms with Gasteiger partial charge >= 0.3 is 0 Å². The molecule has 0 aliphatic heterocycles. The number of hydrogen-bond acceptors (Lipinski definition) is 5. The first kappa shape index (κ1) is 23.1. The van der Waals surface area contributed by atoms with E-state index < -0.39 is 10.0 Å². The van der Waals surface area contributed by atoms with Crippen LogP contribution in [0.2, 0.25) is 0 Å². The van der Waals surface area contributed by atoms with E-state index in [-0.39, 0.29) is 42.6 Å². The number of ether oxygens (including phenoxy) is 1. The molecule has 0 spiro atoms. The maximum atomic E-state index is 12.5. The number of ketones is 1. The van der Waals surface area contributed by atoms with Gasteiger partial charge in [0.1, 0.15) is 0 Å². The van der Waals surface area contributed by atoms with Crippen molar-refractivity contribution in [2.24, 2.45) is 0 Å². The number of fused-ring (bicyclic) bond motifs is 1. The summed E-state index contributed by atoms with van der Waals surface area (Å²) in [6, 6.07) is 11.7. The van der Waals surface area contributed by atoms with E-state index in [1.165, 1.54) is 48.9 Å². The van der Waals surface area contributed by atoms with Crippen molar-refractivity contribution in [3.05, 3.63) is 59.2 Å². The molecule has 8 heteroatoms. The second-order valence-electron chi connectivity index (χ2n) is 7.58. The number of carbonyl (C=O) groups excluding carboxylic acids is 2. The molecule has 0 bridgehead atoms. The van der Waals surface area contributed by atoms with Gasteiger partial charge in [0.15, 0.2) is 5.78 Å². The van der Waals surface area contributed by atoms with Gasteiger partial charge < -0.3 is 10.1 Å². The van der Waals surface area contributed by atoms with Gasteiger partial charge in [0.05, 0.1) is 11.5 Å². The van der Waals surface area contributed by atoms with Gasteiger partial charge in [0.25, 0.3) is 0 Å². The Morgan fingerprint density at radius 2 is 1.68 bits per heavy atom. The van der Waals surface area contributed by atoms with Gasteiger partial charge in [0.2, 0.25) is 15.9 Å². The molecule has 0 radical (unpaired) electrons. The van der Waals surface area contributed by atoms with Crippen molar-refractivity contribution in [1.82, 2.24) is 4.72 Å². The topological polar surface area (TPSA) is 102 Å². The Labute approximate surface area is 183 Å². The van der Waals surface area contributed by atoms with Crippen molar-refractivity contribution in [2.45, 2.75) is 43.4 Å². The summed E-state index contributed by atoms with van der Waals surface area (Å²) in [5.41, 5.74) is 3.69. The molecule has 0 fully saturated rings. The van der Waals surface area contributed by atoms with Crippen LogP contribution in [-0.4, -0.2) is 40.4 Å². The lowest BCUT2D eigenvalue weighted by molar-refractivity contribution is -0.116. The minimum Gasteiger partial charge on any atom is -0.383 e. The van der Waals surface area contributed by atoms with Crippen LogP contribution in [0.4, 0.5) is 5.69 Å². The Bertz CT molecular complexity index is 1030. The molecule has 0 heterocycles. The first-order valence-electron chi connectivity index (χ1n) is 10.4. The molecule has 1 amide bonds. The Hall–Kier alpha value is -2.55. The van der Waals surface area contributed by atoms with E-state index in [1.54, 1.807) is 0 Å². The largest absolute Gasteiger partial charge is 0.383 e. The molecule has 2 N–H and O–H groups in total. The van der Waals surface area contributed by atoms with E-state index >= 15 is 0 Å². The molecule has 7 nitrogen and oxygen atoms in total. The molecule has 0 aromatic heterocycles. The van der Waals surface area contributed by atoms with E-state index in [0.717, 1.165) is 19.3 Å². The summed E-state index contributed by atoms with van der Waals surface area (Å²) in [6.07, 6.45) is 4.60. The summed E-state index contributed by atoms with van der Waals surface area (Å²) < 4.78 is 31.6. The first-order valence-corrected chi connectivity index (χ1v) is 11.9. The molecule has 1 aliphatic carbocycles. The second-order valence-corrected chi connectivity index (χ2v) is 9.34. The summed E-state index contributed by atoms with van der Waals surface area (Å²) in [5, 5.41) is 2.70. The van der Waals surface area contributed by atoms with E-state index in [1.807, 2.05) is 18.2 Å². The Morgan fingerprint density at radius 3 is 2.39 bits per heavy atom. The van der Waals surface area contributed by atoms with Crippen LogP contribution in [0.3, 0.4) is 0 Å². The van der Waals surface area contributed by atoms with Crippen LogP contribution in [0, 0.1) is 0 Å². The number of nitrogens with one attached hydrogen (secondary N) is 2. The average Bonchev–Trinajstić information content (AvgIpc) is 2.77. The number of Topliss-reactive ketones (excluding diaryl/α,β-unsaturated/α-hetero) is 1. The lowest BCUT2D eigenvalue weighted by Crippen LogP contribution is -2.27. The summed E-state index contributed by atoms with van der Waals surface area (Å²) in [6.45, 7) is 0.452. The standard InChI is InChI=1S/C23H28N2O5S/c1-30-15-14-24-31(28,29)21-10-8-20(9-11-21)25-23(27)13-12-22(26)19-7-6-17-4-2-3-5-18(17)16-19/h6-11,16,24H,2-5,12-15H2,1H3,(H,25,27). The van der Waals surface area contributed by atoms with E-state index in [4.69, 9.17) is 4.74 Å². The van der Waals surface area contributed by atoms with Gasteiger partial charge in [0, 0.05) is 37.7 Å². The molecule has 1 aliphatic rings. The summed E-state index contributed by atoms with van der Waals surface area (Å²) >= 11 is 0. The highest BCUT2D eigenvalue weighted by atomic mass is 32.2. The van der Waals surface area contributed by atoms with Crippen molar-refractivity contribution < 1.29 is 22.7 Å². The predicted molar refractivity (Wildman–Crippen MR) is 119 cm³/mol. The molecule has 2 aromatic rings. The van der Waals surface area contributed by atoms with Gasteiger partial charge in [-0.15, -0.1) is 0 Å². The van der Waals surface area contributed by atoms with Crippen molar-refractivity contribution in [3.63, 3.8) is 0 Å². The highest BCUT2D eigenvalue weighted by molar-refractivity contribution is 7.89. The van der Waals surface area contributed by atoms with Crippen LogP contribution in [0.15, 0.2) is 47.4 Å². The number of methoxy groups -OCH3 is 1. The third-order valence-electron chi connectivity index (χ3n) is 5.30. The van der Waals surface area contributed by atoms with Gasteiger partial charge in [-0.25, -0.2) is 13.1 Å². The van der Waals surface area contributed by atoms with Gasteiger partial charge in [-0.1, -0.05) is 12.1 Å². The normalized spacial score (nSPS) is 13.5. The zero-order valence-electron chi connectivity index (χ0n) is 17.6. The molecule has 0 saturated carbocycles. The fraction of sp³-hybridized carbons (Fsp3) is 0.391. The molecular weight excluding hydrogens is 416 g/mol. The van der Waals surface area contributed by atoms with Crippen molar-refractivity contribution >= 4 is 27.4 Å². The third kappa shape index (κ3) is 6.46. The minimum absolute atomic E-state index is 0.0490. The maximum absolute atomic E-state index is 12.5. The molecule has 3 rings (SSSR count). The van der Waals surface area contributed by atoms with Gasteiger partial charge in [-0.3, -0.25) is 9.59 Å². The van der Waals surface area contributed by atoms with Crippen LogP contribution in [-0.2, 0) is 32.4 Å². The molecular formula is C23H28N2O5S. The molecule has 2 aromatic carbocycles. The first-order chi connectivity index (χ1) is 14.9. The summed E-state index contributed by atoms with van der Waals surface area (Å²) in [5.74, 6) is -0.341. The Kier molecular flexibility index (Phi) is 7.95.